The fourth-order valence-corrected chi connectivity index (χ4v) is 2.74. The Morgan fingerprint density at radius 1 is 1.22 bits per heavy atom. The highest BCUT2D eigenvalue weighted by Gasteiger charge is 2.22. The van der Waals surface area contributed by atoms with Crippen LogP contribution in [0.5, 0.6) is 11.5 Å². The molecule has 0 radical (unpaired) electrons. The molecule has 0 saturated heterocycles. The highest BCUT2D eigenvalue weighted by molar-refractivity contribution is 5.48. The average Bonchev–Trinajstić information content (AvgIpc) is 2.36. The maximum Gasteiger partial charge on any atom is 0.126 e. The maximum absolute atomic E-state index is 5.47. The van der Waals surface area contributed by atoms with Gasteiger partial charge in [-0.25, -0.2) is 0 Å². The predicted octanol–water partition coefficient (Wildman–Crippen LogP) is 2.56. The topological polar surface area (TPSA) is 30.5 Å². The number of hydrogen-bond donors (Lipinski definition) is 1. The fourth-order valence-electron chi connectivity index (χ4n) is 2.74. The monoisotopic (exact) mass is 249 g/mol. The van der Waals surface area contributed by atoms with Gasteiger partial charge in [-0.05, 0) is 36.5 Å². The van der Waals surface area contributed by atoms with Gasteiger partial charge in [-0.3, -0.25) is 0 Å². The predicted molar refractivity (Wildman–Crippen MR) is 73.6 cm³/mol. The summed E-state index contributed by atoms with van der Waals surface area (Å²) in [6.45, 7) is 4.39. The average molecular weight is 249 g/mol. The van der Waals surface area contributed by atoms with Gasteiger partial charge in [0, 0.05) is 18.2 Å². The first-order chi connectivity index (χ1) is 8.63. The van der Waals surface area contributed by atoms with Gasteiger partial charge in [0.25, 0.3) is 0 Å². The summed E-state index contributed by atoms with van der Waals surface area (Å²) < 4.78 is 10.8. The molecule has 0 bridgehead atoms. The second kappa shape index (κ2) is 5.61. The molecule has 0 amide bonds. The molecular formula is C15H23NO2. The summed E-state index contributed by atoms with van der Waals surface area (Å²) in [6, 6.07) is 5.22. The van der Waals surface area contributed by atoms with Gasteiger partial charge >= 0.3 is 0 Å². The van der Waals surface area contributed by atoms with Gasteiger partial charge < -0.3 is 14.8 Å². The van der Waals surface area contributed by atoms with Crippen molar-refractivity contribution in [1.29, 1.82) is 0 Å². The van der Waals surface area contributed by atoms with Crippen LogP contribution in [0.15, 0.2) is 12.1 Å². The van der Waals surface area contributed by atoms with E-state index in [1.54, 1.807) is 14.2 Å². The van der Waals surface area contributed by atoms with E-state index >= 15 is 0 Å². The third-order valence-electron chi connectivity index (χ3n) is 3.51. The minimum absolute atomic E-state index is 0.532. The minimum atomic E-state index is 0.532. The van der Waals surface area contributed by atoms with E-state index in [0.29, 0.717) is 12.1 Å². The van der Waals surface area contributed by atoms with E-state index in [-0.39, 0.29) is 0 Å². The minimum Gasteiger partial charge on any atom is -0.497 e. The SMILES string of the molecule is COc1cc2c(c(OC)c1)CC[C@@H](NC(C)C)C2. The molecule has 1 aromatic carbocycles. The van der Waals surface area contributed by atoms with E-state index in [1.165, 1.54) is 17.5 Å². The third kappa shape index (κ3) is 2.78. The standard InChI is InChI=1S/C15H23NO2/c1-10(2)16-12-5-6-14-11(7-12)8-13(17-3)9-15(14)18-4/h8-10,12,16H,5-7H2,1-4H3/t12-/m1/s1. The molecule has 100 valence electrons. The zero-order valence-electron chi connectivity index (χ0n) is 11.7. The van der Waals surface area contributed by atoms with E-state index < -0.39 is 0 Å². The second-order valence-corrected chi connectivity index (χ2v) is 5.23. The molecule has 1 N–H and O–H groups in total. The molecule has 0 unspecified atom stereocenters. The lowest BCUT2D eigenvalue weighted by atomic mass is 9.87. The van der Waals surface area contributed by atoms with Crippen LogP contribution in [0, 0.1) is 0 Å². The number of nitrogens with one attached hydrogen (secondary N) is 1. The lowest BCUT2D eigenvalue weighted by Crippen LogP contribution is -2.38. The molecule has 1 atom stereocenters. The van der Waals surface area contributed by atoms with Crippen LogP contribution in [-0.2, 0) is 12.8 Å². The Balaban J connectivity index is 2.25. The molecule has 1 aliphatic rings. The highest BCUT2D eigenvalue weighted by Crippen LogP contribution is 2.34. The van der Waals surface area contributed by atoms with Gasteiger partial charge in [-0.2, -0.15) is 0 Å². The molecular weight excluding hydrogens is 226 g/mol. The molecule has 0 heterocycles. The van der Waals surface area contributed by atoms with Gasteiger partial charge in [0.15, 0.2) is 0 Å². The van der Waals surface area contributed by atoms with Crippen molar-refractivity contribution in [3.8, 4) is 11.5 Å². The van der Waals surface area contributed by atoms with Crippen molar-refractivity contribution in [2.45, 2.75) is 45.2 Å². The summed E-state index contributed by atoms with van der Waals surface area (Å²) >= 11 is 0. The Labute approximate surface area is 109 Å². The van der Waals surface area contributed by atoms with Crippen LogP contribution in [-0.4, -0.2) is 26.3 Å². The molecule has 0 saturated carbocycles. The summed E-state index contributed by atoms with van der Waals surface area (Å²) in [4.78, 5) is 0. The molecule has 0 aliphatic heterocycles. The Morgan fingerprint density at radius 2 is 2.00 bits per heavy atom. The Hall–Kier alpha value is -1.22. The van der Waals surface area contributed by atoms with E-state index in [0.717, 1.165) is 24.3 Å². The first-order valence-electron chi connectivity index (χ1n) is 6.64. The van der Waals surface area contributed by atoms with Crippen LogP contribution >= 0.6 is 0 Å². The van der Waals surface area contributed by atoms with Crippen molar-refractivity contribution in [3.63, 3.8) is 0 Å². The number of benzene rings is 1. The van der Waals surface area contributed by atoms with Crippen molar-refractivity contribution in [2.24, 2.45) is 0 Å². The normalized spacial score (nSPS) is 18.6. The van der Waals surface area contributed by atoms with Gasteiger partial charge in [-0.1, -0.05) is 13.8 Å². The Morgan fingerprint density at radius 3 is 2.61 bits per heavy atom. The van der Waals surface area contributed by atoms with Crippen LogP contribution in [0.4, 0.5) is 0 Å². The van der Waals surface area contributed by atoms with Crippen molar-refractivity contribution < 1.29 is 9.47 Å². The summed E-state index contributed by atoms with van der Waals surface area (Å²) in [5, 5.41) is 3.62. The molecule has 18 heavy (non-hydrogen) atoms. The van der Waals surface area contributed by atoms with Gasteiger partial charge in [0.2, 0.25) is 0 Å². The summed E-state index contributed by atoms with van der Waals surface area (Å²) in [5.41, 5.74) is 2.70. The van der Waals surface area contributed by atoms with Crippen LogP contribution in [0.1, 0.15) is 31.4 Å². The molecule has 3 heteroatoms. The largest absolute Gasteiger partial charge is 0.497 e. The van der Waals surface area contributed by atoms with Crippen molar-refractivity contribution in [1.82, 2.24) is 5.32 Å². The Bertz CT molecular complexity index is 415. The molecule has 0 aromatic heterocycles. The smallest absolute Gasteiger partial charge is 0.126 e. The molecule has 1 aliphatic carbocycles. The number of rotatable bonds is 4. The molecule has 0 fully saturated rings. The summed E-state index contributed by atoms with van der Waals surface area (Å²) in [5.74, 6) is 1.85. The first-order valence-corrected chi connectivity index (χ1v) is 6.64. The van der Waals surface area contributed by atoms with Gasteiger partial charge in [0.1, 0.15) is 11.5 Å². The summed E-state index contributed by atoms with van der Waals surface area (Å²) in [7, 11) is 3.43. The van der Waals surface area contributed by atoms with Crippen LogP contribution < -0.4 is 14.8 Å². The number of ether oxygens (including phenoxy) is 2. The maximum atomic E-state index is 5.47. The van der Waals surface area contributed by atoms with Gasteiger partial charge in [-0.15, -0.1) is 0 Å². The van der Waals surface area contributed by atoms with Crippen molar-refractivity contribution >= 4 is 0 Å². The van der Waals surface area contributed by atoms with Crippen molar-refractivity contribution in [2.75, 3.05) is 14.2 Å². The van der Waals surface area contributed by atoms with E-state index in [4.69, 9.17) is 9.47 Å². The number of hydrogen-bond acceptors (Lipinski definition) is 3. The van der Waals surface area contributed by atoms with Gasteiger partial charge in [0.05, 0.1) is 14.2 Å². The van der Waals surface area contributed by atoms with E-state index in [1.807, 2.05) is 6.07 Å². The molecule has 2 rings (SSSR count). The molecule has 0 spiro atoms. The fraction of sp³-hybridized carbons (Fsp3) is 0.600. The zero-order valence-corrected chi connectivity index (χ0v) is 11.7. The molecule has 3 nitrogen and oxygen atoms in total. The van der Waals surface area contributed by atoms with E-state index in [2.05, 4.69) is 25.2 Å². The number of methoxy groups -OCH3 is 2. The third-order valence-corrected chi connectivity index (χ3v) is 3.51. The first kappa shape index (κ1) is 13.2. The number of fused-ring (bicyclic) bond motifs is 1. The Kier molecular flexibility index (Phi) is 4.12. The lowest BCUT2D eigenvalue weighted by molar-refractivity contribution is 0.376. The quantitative estimate of drug-likeness (QED) is 0.889. The van der Waals surface area contributed by atoms with Crippen molar-refractivity contribution in [3.05, 3.63) is 23.3 Å². The molecule has 1 aromatic rings. The highest BCUT2D eigenvalue weighted by atomic mass is 16.5. The second-order valence-electron chi connectivity index (χ2n) is 5.23. The summed E-state index contributed by atoms with van der Waals surface area (Å²) in [6.07, 6.45) is 3.31. The van der Waals surface area contributed by atoms with Crippen LogP contribution in [0.25, 0.3) is 0 Å². The zero-order chi connectivity index (χ0) is 13.1. The van der Waals surface area contributed by atoms with Crippen LogP contribution in [0.3, 0.4) is 0 Å². The lowest BCUT2D eigenvalue weighted by Gasteiger charge is -2.28. The van der Waals surface area contributed by atoms with Crippen LogP contribution in [0.2, 0.25) is 0 Å². The van der Waals surface area contributed by atoms with E-state index in [9.17, 15) is 0 Å².